The van der Waals surface area contributed by atoms with E-state index in [0.29, 0.717) is 6.42 Å². The largest absolute Gasteiger partial charge is 0.388 e. The van der Waals surface area contributed by atoms with Gasteiger partial charge in [0.2, 0.25) is 0 Å². The second-order valence-electron chi connectivity index (χ2n) is 4.46. The molecule has 0 saturated carbocycles. The molecule has 1 heterocycles. The molecule has 4 nitrogen and oxygen atoms in total. The Balaban J connectivity index is 2.47. The first-order valence-corrected chi connectivity index (χ1v) is 5.61. The molecule has 1 fully saturated rings. The predicted octanol–water partition coefficient (Wildman–Crippen LogP) is 0.888. The monoisotopic (exact) mass is 217 g/mol. The normalized spacial score (nSPS) is 26.6. The van der Waals surface area contributed by atoms with Gasteiger partial charge in [-0.1, -0.05) is 6.42 Å². The van der Waals surface area contributed by atoms with Crippen LogP contribution in [-0.2, 0) is 9.47 Å². The molecule has 0 aliphatic carbocycles. The Morgan fingerprint density at radius 1 is 1.40 bits per heavy atom. The molecule has 1 saturated heterocycles. The molecule has 1 aliphatic rings. The van der Waals surface area contributed by atoms with Crippen LogP contribution in [0.25, 0.3) is 0 Å². The Morgan fingerprint density at radius 3 is 2.53 bits per heavy atom. The summed E-state index contributed by atoms with van der Waals surface area (Å²) in [7, 11) is 3.19. The van der Waals surface area contributed by atoms with Gasteiger partial charge in [0.1, 0.15) is 0 Å². The van der Waals surface area contributed by atoms with Crippen LogP contribution in [0.5, 0.6) is 0 Å². The summed E-state index contributed by atoms with van der Waals surface area (Å²) >= 11 is 0. The summed E-state index contributed by atoms with van der Waals surface area (Å²) in [5.74, 6) is 0. The Bertz CT molecular complexity index is 175. The third-order valence-corrected chi connectivity index (χ3v) is 3.17. The molecule has 2 atom stereocenters. The molecular formula is C11H23NO3. The molecule has 1 rings (SSSR count). The molecule has 0 aromatic carbocycles. The number of ether oxygens (including phenoxy) is 2. The highest BCUT2D eigenvalue weighted by Gasteiger charge is 2.35. The smallest absolute Gasteiger partial charge is 0.159 e. The zero-order valence-corrected chi connectivity index (χ0v) is 9.95. The van der Waals surface area contributed by atoms with E-state index in [0.717, 1.165) is 13.0 Å². The Hall–Kier alpha value is -0.160. The molecule has 0 aromatic rings. The van der Waals surface area contributed by atoms with E-state index >= 15 is 0 Å². The summed E-state index contributed by atoms with van der Waals surface area (Å²) in [5.41, 5.74) is -0.767. The van der Waals surface area contributed by atoms with Crippen LogP contribution in [0.1, 0.15) is 32.6 Å². The lowest BCUT2D eigenvalue weighted by Crippen LogP contribution is -2.52. The second kappa shape index (κ2) is 5.80. The lowest BCUT2D eigenvalue weighted by atomic mass is 9.86. The molecule has 1 aliphatic heterocycles. The molecule has 0 amide bonds. The number of aliphatic hydroxyl groups is 1. The van der Waals surface area contributed by atoms with Gasteiger partial charge in [-0.2, -0.15) is 0 Å². The van der Waals surface area contributed by atoms with Crippen LogP contribution in [0.15, 0.2) is 0 Å². The van der Waals surface area contributed by atoms with Crippen molar-refractivity contribution in [2.75, 3.05) is 20.8 Å². The van der Waals surface area contributed by atoms with Gasteiger partial charge in [0.15, 0.2) is 6.29 Å². The van der Waals surface area contributed by atoms with E-state index in [4.69, 9.17) is 9.47 Å². The van der Waals surface area contributed by atoms with Gasteiger partial charge in [0.25, 0.3) is 0 Å². The zero-order chi connectivity index (χ0) is 11.3. The van der Waals surface area contributed by atoms with Crippen LogP contribution in [0.2, 0.25) is 0 Å². The van der Waals surface area contributed by atoms with Crippen molar-refractivity contribution in [3.63, 3.8) is 0 Å². The first kappa shape index (κ1) is 12.9. The van der Waals surface area contributed by atoms with Crippen LogP contribution in [0.4, 0.5) is 0 Å². The van der Waals surface area contributed by atoms with E-state index in [1.807, 2.05) is 6.92 Å². The van der Waals surface area contributed by atoms with Gasteiger partial charge < -0.3 is 19.9 Å². The number of piperidine rings is 1. The first-order valence-electron chi connectivity index (χ1n) is 5.61. The van der Waals surface area contributed by atoms with Gasteiger partial charge in [-0.3, -0.25) is 0 Å². The highest BCUT2D eigenvalue weighted by molar-refractivity contribution is 4.90. The van der Waals surface area contributed by atoms with Crippen molar-refractivity contribution in [2.24, 2.45) is 0 Å². The minimum atomic E-state index is -0.767. The first-order chi connectivity index (χ1) is 7.10. The van der Waals surface area contributed by atoms with Crippen LogP contribution in [0.3, 0.4) is 0 Å². The van der Waals surface area contributed by atoms with Crippen LogP contribution >= 0.6 is 0 Å². The molecule has 0 spiro atoms. The number of rotatable bonds is 5. The summed E-state index contributed by atoms with van der Waals surface area (Å²) in [5, 5.41) is 13.7. The molecule has 2 N–H and O–H groups in total. The fourth-order valence-electron chi connectivity index (χ4n) is 2.13. The van der Waals surface area contributed by atoms with Crippen molar-refractivity contribution in [1.82, 2.24) is 5.32 Å². The third-order valence-electron chi connectivity index (χ3n) is 3.17. The van der Waals surface area contributed by atoms with Crippen molar-refractivity contribution >= 4 is 0 Å². The maximum Gasteiger partial charge on any atom is 0.159 e. The minimum absolute atomic E-state index is 0.152. The maximum atomic E-state index is 10.3. The lowest BCUT2D eigenvalue weighted by Gasteiger charge is -2.37. The van der Waals surface area contributed by atoms with Crippen molar-refractivity contribution in [3.8, 4) is 0 Å². The van der Waals surface area contributed by atoms with E-state index in [9.17, 15) is 5.11 Å². The number of nitrogens with one attached hydrogen (secondary N) is 1. The standard InChI is InChI=1S/C11H23NO3/c1-11(13,8-10(14-2)15-3)9-6-4-5-7-12-9/h9-10,12-13H,4-8H2,1-3H3. The van der Waals surface area contributed by atoms with Crippen LogP contribution in [-0.4, -0.2) is 43.8 Å². The second-order valence-corrected chi connectivity index (χ2v) is 4.46. The van der Waals surface area contributed by atoms with Gasteiger partial charge >= 0.3 is 0 Å². The molecule has 4 heteroatoms. The van der Waals surface area contributed by atoms with Crippen molar-refractivity contribution in [2.45, 2.75) is 50.5 Å². The summed E-state index contributed by atoms with van der Waals surface area (Å²) in [4.78, 5) is 0. The molecule has 0 aromatic heterocycles. The molecule has 0 radical (unpaired) electrons. The SMILES string of the molecule is COC(CC(C)(O)C1CCCCN1)OC. The van der Waals surface area contributed by atoms with Gasteiger partial charge in [0, 0.05) is 26.7 Å². The van der Waals surface area contributed by atoms with Crippen LogP contribution in [0, 0.1) is 0 Å². The van der Waals surface area contributed by atoms with Gasteiger partial charge in [0.05, 0.1) is 5.60 Å². The van der Waals surface area contributed by atoms with Crippen LogP contribution < -0.4 is 5.32 Å². The van der Waals surface area contributed by atoms with E-state index in [2.05, 4.69) is 5.32 Å². The summed E-state index contributed by atoms with van der Waals surface area (Å²) in [6.07, 6.45) is 3.57. The summed E-state index contributed by atoms with van der Waals surface area (Å²) < 4.78 is 10.2. The zero-order valence-electron chi connectivity index (χ0n) is 9.95. The molecule has 90 valence electrons. The molecule has 0 bridgehead atoms. The van der Waals surface area contributed by atoms with E-state index < -0.39 is 5.60 Å². The fourth-order valence-corrected chi connectivity index (χ4v) is 2.13. The number of methoxy groups -OCH3 is 2. The highest BCUT2D eigenvalue weighted by atomic mass is 16.7. The average Bonchev–Trinajstić information content (AvgIpc) is 2.27. The topological polar surface area (TPSA) is 50.7 Å². The van der Waals surface area contributed by atoms with E-state index in [1.165, 1.54) is 12.8 Å². The summed E-state index contributed by atoms with van der Waals surface area (Å²) in [6, 6.07) is 0.152. The third kappa shape index (κ3) is 3.72. The van der Waals surface area contributed by atoms with E-state index in [-0.39, 0.29) is 12.3 Å². The predicted molar refractivity (Wildman–Crippen MR) is 58.7 cm³/mol. The minimum Gasteiger partial charge on any atom is -0.388 e. The Morgan fingerprint density at radius 2 is 2.07 bits per heavy atom. The quantitative estimate of drug-likeness (QED) is 0.671. The number of hydrogen-bond donors (Lipinski definition) is 2. The Labute approximate surface area is 92.0 Å². The van der Waals surface area contributed by atoms with Gasteiger partial charge in [-0.05, 0) is 26.3 Å². The average molecular weight is 217 g/mol. The molecule has 2 unspecified atom stereocenters. The highest BCUT2D eigenvalue weighted by Crippen LogP contribution is 2.24. The Kier molecular flexibility index (Phi) is 4.99. The maximum absolute atomic E-state index is 10.3. The van der Waals surface area contributed by atoms with E-state index in [1.54, 1.807) is 14.2 Å². The van der Waals surface area contributed by atoms with Crippen molar-refractivity contribution in [1.29, 1.82) is 0 Å². The molecular weight excluding hydrogens is 194 g/mol. The lowest BCUT2D eigenvalue weighted by molar-refractivity contribution is -0.147. The van der Waals surface area contributed by atoms with Gasteiger partial charge in [-0.15, -0.1) is 0 Å². The summed E-state index contributed by atoms with van der Waals surface area (Å²) in [6.45, 7) is 2.84. The fraction of sp³-hybridized carbons (Fsp3) is 1.00. The number of hydrogen-bond acceptors (Lipinski definition) is 4. The van der Waals surface area contributed by atoms with Gasteiger partial charge in [-0.25, -0.2) is 0 Å². The van der Waals surface area contributed by atoms with Crippen molar-refractivity contribution < 1.29 is 14.6 Å². The van der Waals surface area contributed by atoms with Crippen molar-refractivity contribution in [3.05, 3.63) is 0 Å². The molecule has 15 heavy (non-hydrogen) atoms.